The van der Waals surface area contributed by atoms with E-state index < -0.39 is 0 Å². The van der Waals surface area contributed by atoms with Crippen LogP contribution in [-0.4, -0.2) is 10.8 Å². The van der Waals surface area contributed by atoms with E-state index in [1.54, 1.807) is 30.6 Å². The third-order valence-electron chi connectivity index (χ3n) is 2.28. The van der Waals surface area contributed by atoms with Gasteiger partial charge < -0.3 is 0 Å². The molecular formula is C17H17NO. The van der Waals surface area contributed by atoms with Crippen molar-refractivity contribution in [2.45, 2.75) is 6.92 Å². The molecule has 0 saturated heterocycles. The molecule has 0 spiro atoms. The summed E-state index contributed by atoms with van der Waals surface area (Å²) in [7, 11) is 0. The largest absolute Gasteiger partial charge is 0.290 e. The molecular weight excluding hydrogens is 234 g/mol. The Labute approximate surface area is 114 Å². The van der Waals surface area contributed by atoms with Gasteiger partial charge in [-0.2, -0.15) is 0 Å². The van der Waals surface area contributed by atoms with Gasteiger partial charge in [0.25, 0.3) is 0 Å². The molecule has 0 radical (unpaired) electrons. The lowest BCUT2D eigenvalue weighted by Crippen LogP contribution is -1.85. The van der Waals surface area contributed by atoms with Gasteiger partial charge in [0, 0.05) is 12.4 Å². The fourth-order valence-electron chi connectivity index (χ4n) is 1.29. The minimum absolute atomic E-state index is 0.0721. The molecule has 0 bridgehead atoms. The number of ketones is 1. The van der Waals surface area contributed by atoms with Crippen LogP contribution in [0.1, 0.15) is 12.5 Å². The van der Waals surface area contributed by atoms with Gasteiger partial charge in [-0.05, 0) is 42.4 Å². The molecule has 2 nitrogen and oxygen atoms in total. The van der Waals surface area contributed by atoms with Gasteiger partial charge in [0.2, 0.25) is 0 Å². The van der Waals surface area contributed by atoms with Gasteiger partial charge in [-0.15, -0.1) is 0 Å². The smallest absolute Gasteiger partial charge is 0.178 e. The summed E-state index contributed by atoms with van der Waals surface area (Å²) in [5, 5.41) is 0. The minimum Gasteiger partial charge on any atom is -0.290 e. The standard InChI is InChI=1S/C17H17NO/c1-3-5-7-15(4-2)9-11-17(19)12-10-16-8-6-13-18-14-16/h3-14H,2H2,1H3/b5-3-,11-9+,12-10+,15-7+. The number of pyridine rings is 1. The van der Waals surface area contributed by atoms with Crippen molar-refractivity contribution in [3.05, 3.63) is 84.8 Å². The van der Waals surface area contributed by atoms with Crippen LogP contribution < -0.4 is 0 Å². The Bertz CT molecular complexity index is 534. The Kier molecular flexibility index (Phi) is 6.59. The normalized spacial score (nSPS) is 12.6. The van der Waals surface area contributed by atoms with Crippen molar-refractivity contribution >= 4 is 11.9 Å². The van der Waals surface area contributed by atoms with Crippen LogP contribution in [0.4, 0.5) is 0 Å². The van der Waals surface area contributed by atoms with Crippen LogP contribution >= 0.6 is 0 Å². The Balaban J connectivity index is 2.65. The highest BCUT2D eigenvalue weighted by Crippen LogP contribution is 2.01. The summed E-state index contributed by atoms with van der Waals surface area (Å²) in [5.41, 5.74) is 1.79. The summed E-state index contributed by atoms with van der Waals surface area (Å²) < 4.78 is 0. The van der Waals surface area contributed by atoms with Crippen molar-refractivity contribution in [1.29, 1.82) is 0 Å². The van der Waals surface area contributed by atoms with Crippen LogP contribution in [0.5, 0.6) is 0 Å². The average Bonchev–Trinajstić information content (AvgIpc) is 2.46. The number of allylic oxidation sites excluding steroid dienone is 8. The lowest BCUT2D eigenvalue weighted by molar-refractivity contribution is -0.110. The Morgan fingerprint density at radius 1 is 1.32 bits per heavy atom. The second-order valence-electron chi connectivity index (χ2n) is 3.75. The van der Waals surface area contributed by atoms with E-state index in [4.69, 9.17) is 0 Å². The molecule has 19 heavy (non-hydrogen) atoms. The maximum Gasteiger partial charge on any atom is 0.178 e. The van der Waals surface area contributed by atoms with E-state index in [2.05, 4.69) is 11.6 Å². The van der Waals surface area contributed by atoms with E-state index in [9.17, 15) is 4.79 Å². The fourth-order valence-corrected chi connectivity index (χ4v) is 1.29. The molecule has 0 saturated carbocycles. The summed E-state index contributed by atoms with van der Waals surface area (Å²) in [5.74, 6) is -0.0721. The number of nitrogens with zero attached hydrogens (tertiary/aromatic N) is 1. The van der Waals surface area contributed by atoms with Gasteiger partial charge in [-0.1, -0.05) is 43.0 Å². The predicted octanol–water partition coefficient (Wildman–Crippen LogP) is 3.91. The maximum atomic E-state index is 11.6. The number of hydrogen-bond acceptors (Lipinski definition) is 2. The third kappa shape index (κ3) is 6.13. The maximum absolute atomic E-state index is 11.6. The molecule has 0 aliphatic rings. The zero-order chi connectivity index (χ0) is 13.9. The molecule has 1 aromatic rings. The van der Waals surface area contributed by atoms with Crippen LogP contribution in [0, 0.1) is 0 Å². The summed E-state index contributed by atoms with van der Waals surface area (Å²) in [6, 6.07) is 3.72. The Hall–Kier alpha value is -2.48. The van der Waals surface area contributed by atoms with E-state index in [0.29, 0.717) is 0 Å². The first-order chi connectivity index (χ1) is 9.26. The first-order valence-electron chi connectivity index (χ1n) is 6.02. The molecule has 0 unspecified atom stereocenters. The lowest BCUT2D eigenvalue weighted by atomic mass is 10.2. The van der Waals surface area contributed by atoms with Gasteiger partial charge in [-0.25, -0.2) is 0 Å². The minimum atomic E-state index is -0.0721. The zero-order valence-electron chi connectivity index (χ0n) is 11.0. The van der Waals surface area contributed by atoms with Crippen molar-refractivity contribution in [1.82, 2.24) is 4.98 Å². The molecule has 0 N–H and O–H groups in total. The van der Waals surface area contributed by atoms with Crippen molar-refractivity contribution < 1.29 is 4.79 Å². The van der Waals surface area contributed by atoms with Crippen LogP contribution in [0.2, 0.25) is 0 Å². The monoisotopic (exact) mass is 251 g/mol. The van der Waals surface area contributed by atoms with E-state index in [1.165, 1.54) is 12.2 Å². The quantitative estimate of drug-likeness (QED) is 0.566. The molecule has 0 aromatic carbocycles. The summed E-state index contributed by atoms with van der Waals surface area (Å²) in [6.45, 7) is 5.63. The Morgan fingerprint density at radius 2 is 2.16 bits per heavy atom. The molecule has 1 aromatic heterocycles. The lowest BCUT2D eigenvalue weighted by Gasteiger charge is -1.91. The number of carbonyl (C=O) groups is 1. The van der Waals surface area contributed by atoms with Gasteiger partial charge in [0.1, 0.15) is 0 Å². The second kappa shape index (κ2) is 8.59. The molecule has 1 heterocycles. The molecule has 0 fully saturated rings. The van der Waals surface area contributed by atoms with Crippen molar-refractivity contribution in [3.63, 3.8) is 0 Å². The highest BCUT2D eigenvalue weighted by Gasteiger charge is 1.90. The van der Waals surface area contributed by atoms with Crippen molar-refractivity contribution in [2.75, 3.05) is 0 Å². The number of carbonyl (C=O) groups excluding carboxylic acids is 1. The number of rotatable bonds is 6. The first kappa shape index (κ1) is 14.6. The number of hydrogen-bond donors (Lipinski definition) is 0. The zero-order valence-corrected chi connectivity index (χ0v) is 11.0. The van der Waals surface area contributed by atoms with Gasteiger partial charge in [0.05, 0.1) is 0 Å². The van der Waals surface area contributed by atoms with Gasteiger partial charge >= 0.3 is 0 Å². The molecule has 0 aliphatic heterocycles. The number of aromatic nitrogens is 1. The van der Waals surface area contributed by atoms with E-state index in [1.807, 2.05) is 37.3 Å². The molecule has 0 aliphatic carbocycles. The van der Waals surface area contributed by atoms with Crippen LogP contribution in [0.15, 0.2) is 79.2 Å². The SMILES string of the molecule is C=CC(/C=C/C(=O)/C=C/c1cccnc1)=C\C=C/C. The second-order valence-corrected chi connectivity index (χ2v) is 3.75. The molecule has 0 amide bonds. The van der Waals surface area contributed by atoms with Gasteiger partial charge in [-0.3, -0.25) is 9.78 Å². The first-order valence-corrected chi connectivity index (χ1v) is 6.02. The van der Waals surface area contributed by atoms with Crippen molar-refractivity contribution in [2.24, 2.45) is 0 Å². The highest BCUT2D eigenvalue weighted by molar-refractivity contribution is 6.02. The van der Waals surface area contributed by atoms with E-state index >= 15 is 0 Å². The van der Waals surface area contributed by atoms with Gasteiger partial charge in [0.15, 0.2) is 5.78 Å². The average molecular weight is 251 g/mol. The molecule has 2 heteroatoms. The van der Waals surface area contributed by atoms with E-state index in [-0.39, 0.29) is 5.78 Å². The van der Waals surface area contributed by atoms with Crippen molar-refractivity contribution in [3.8, 4) is 0 Å². The predicted molar refractivity (Wildman–Crippen MR) is 80.5 cm³/mol. The molecule has 96 valence electrons. The van der Waals surface area contributed by atoms with Crippen LogP contribution in [0.3, 0.4) is 0 Å². The Morgan fingerprint density at radius 3 is 2.79 bits per heavy atom. The van der Waals surface area contributed by atoms with Crippen LogP contribution in [-0.2, 0) is 4.79 Å². The summed E-state index contributed by atoms with van der Waals surface area (Å²) in [6.07, 6.45) is 17.3. The van der Waals surface area contributed by atoms with Crippen LogP contribution in [0.25, 0.3) is 6.08 Å². The highest BCUT2D eigenvalue weighted by atomic mass is 16.1. The third-order valence-corrected chi connectivity index (χ3v) is 2.28. The van der Waals surface area contributed by atoms with E-state index in [0.717, 1.165) is 11.1 Å². The molecule has 1 rings (SSSR count). The fraction of sp³-hybridized carbons (Fsp3) is 0.0588. The molecule has 0 atom stereocenters. The summed E-state index contributed by atoms with van der Waals surface area (Å²) >= 11 is 0. The topological polar surface area (TPSA) is 30.0 Å². The summed E-state index contributed by atoms with van der Waals surface area (Å²) in [4.78, 5) is 15.6.